The molecule has 0 radical (unpaired) electrons. The Balaban J connectivity index is 2.62. The van der Waals surface area contributed by atoms with Crippen molar-refractivity contribution in [2.24, 2.45) is 0 Å². The highest BCUT2D eigenvalue weighted by atomic mass is 32.2. The maximum Gasteiger partial charge on any atom is 0.573 e. The summed E-state index contributed by atoms with van der Waals surface area (Å²) >= 11 is 0. The number of ether oxygens (including phenoxy) is 1. The van der Waals surface area contributed by atoms with Gasteiger partial charge in [0, 0.05) is 5.75 Å². The van der Waals surface area contributed by atoms with Crippen molar-refractivity contribution in [2.45, 2.75) is 32.2 Å². The molecule has 0 bridgehead atoms. The van der Waals surface area contributed by atoms with Crippen molar-refractivity contribution < 1.29 is 31.4 Å². The summed E-state index contributed by atoms with van der Waals surface area (Å²) in [6.07, 6.45) is -5.44. The predicted octanol–water partition coefficient (Wildman–Crippen LogP) is 2.83. The van der Waals surface area contributed by atoms with Crippen molar-refractivity contribution >= 4 is 9.84 Å². The normalized spacial score (nSPS) is 14.0. The Morgan fingerprint density at radius 1 is 1.33 bits per heavy atom. The van der Waals surface area contributed by atoms with E-state index in [1.807, 2.05) is 0 Å². The quantitative estimate of drug-likeness (QED) is 0.837. The first kappa shape index (κ1) is 17.8. The fraction of sp³-hybridized carbons (Fsp3) is 0.538. The predicted molar refractivity (Wildman–Crippen MR) is 71.6 cm³/mol. The van der Waals surface area contributed by atoms with Crippen LogP contribution in [0.3, 0.4) is 0 Å². The molecule has 120 valence electrons. The molecule has 0 fully saturated rings. The summed E-state index contributed by atoms with van der Waals surface area (Å²) in [5.74, 6) is -0.447. The lowest BCUT2D eigenvalue weighted by atomic mass is 10.1. The molecule has 0 aliphatic heterocycles. The van der Waals surface area contributed by atoms with Gasteiger partial charge in [-0.2, -0.15) is 0 Å². The standard InChI is InChI=1S/C13H17F3O4S/c1-2-21(18,19)8-4-7-12(17)10-5-3-6-11(9-10)20-13(14,15)16/h3,5-6,9,12,17H,2,4,7-8H2,1H3. The van der Waals surface area contributed by atoms with Crippen LogP contribution in [0.4, 0.5) is 13.2 Å². The van der Waals surface area contributed by atoms with Crippen LogP contribution in [0.5, 0.6) is 5.75 Å². The molecule has 0 heterocycles. The minimum atomic E-state index is -4.79. The summed E-state index contributed by atoms with van der Waals surface area (Å²) in [6, 6.07) is 5.02. The molecule has 21 heavy (non-hydrogen) atoms. The van der Waals surface area contributed by atoms with Gasteiger partial charge in [-0.1, -0.05) is 19.1 Å². The van der Waals surface area contributed by atoms with E-state index in [9.17, 15) is 26.7 Å². The average molecular weight is 326 g/mol. The molecule has 1 N–H and O–H groups in total. The number of halogens is 3. The lowest BCUT2D eigenvalue weighted by molar-refractivity contribution is -0.274. The van der Waals surface area contributed by atoms with Crippen molar-refractivity contribution in [3.63, 3.8) is 0 Å². The second kappa shape index (κ2) is 7.13. The van der Waals surface area contributed by atoms with Crippen LogP contribution in [0.2, 0.25) is 0 Å². The third-order valence-electron chi connectivity index (χ3n) is 2.85. The smallest absolute Gasteiger partial charge is 0.406 e. The molecule has 4 nitrogen and oxygen atoms in total. The highest BCUT2D eigenvalue weighted by Gasteiger charge is 2.31. The largest absolute Gasteiger partial charge is 0.573 e. The number of sulfone groups is 1. The molecule has 1 rings (SSSR count). The molecule has 0 saturated heterocycles. The first-order chi connectivity index (χ1) is 9.63. The minimum absolute atomic E-state index is 0.0258. The third kappa shape index (κ3) is 6.81. The van der Waals surface area contributed by atoms with E-state index in [1.54, 1.807) is 0 Å². The van der Waals surface area contributed by atoms with Crippen LogP contribution in [0, 0.1) is 0 Å². The van der Waals surface area contributed by atoms with Crippen molar-refractivity contribution in [2.75, 3.05) is 11.5 Å². The Hall–Kier alpha value is -1.28. The Morgan fingerprint density at radius 2 is 2.00 bits per heavy atom. The Morgan fingerprint density at radius 3 is 2.57 bits per heavy atom. The Kier molecular flexibility index (Phi) is 6.03. The number of hydrogen-bond donors (Lipinski definition) is 1. The second-order valence-electron chi connectivity index (χ2n) is 4.51. The highest BCUT2D eigenvalue weighted by molar-refractivity contribution is 7.91. The third-order valence-corrected chi connectivity index (χ3v) is 4.64. The van der Waals surface area contributed by atoms with Crippen LogP contribution >= 0.6 is 0 Å². The SMILES string of the molecule is CCS(=O)(=O)CCCC(O)c1cccc(OC(F)(F)F)c1. The van der Waals surface area contributed by atoms with E-state index in [4.69, 9.17) is 0 Å². The van der Waals surface area contributed by atoms with Crippen molar-refractivity contribution in [1.29, 1.82) is 0 Å². The minimum Gasteiger partial charge on any atom is -0.406 e. The molecule has 1 unspecified atom stereocenters. The Bertz CT molecular complexity index is 555. The fourth-order valence-corrected chi connectivity index (χ4v) is 2.62. The lowest BCUT2D eigenvalue weighted by Crippen LogP contribution is -2.17. The summed E-state index contributed by atoms with van der Waals surface area (Å²) in [5.41, 5.74) is 0.255. The van der Waals surface area contributed by atoms with E-state index in [0.717, 1.165) is 12.1 Å². The van der Waals surface area contributed by atoms with E-state index < -0.39 is 28.1 Å². The van der Waals surface area contributed by atoms with E-state index in [1.165, 1.54) is 19.1 Å². The van der Waals surface area contributed by atoms with Gasteiger partial charge >= 0.3 is 6.36 Å². The average Bonchev–Trinajstić information content (AvgIpc) is 2.36. The van der Waals surface area contributed by atoms with Gasteiger partial charge in [-0.05, 0) is 30.5 Å². The van der Waals surface area contributed by atoms with E-state index >= 15 is 0 Å². The first-order valence-corrected chi connectivity index (χ1v) is 8.19. The summed E-state index contributed by atoms with van der Waals surface area (Å²) < 4.78 is 62.7. The van der Waals surface area contributed by atoms with Crippen LogP contribution in [0.1, 0.15) is 31.4 Å². The highest BCUT2D eigenvalue weighted by Crippen LogP contribution is 2.27. The monoisotopic (exact) mass is 326 g/mol. The zero-order chi connectivity index (χ0) is 16.1. The molecular weight excluding hydrogens is 309 g/mol. The van der Waals surface area contributed by atoms with Crippen LogP contribution < -0.4 is 4.74 Å². The Labute approximate surface area is 121 Å². The van der Waals surface area contributed by atoms with Crippen molar-refractivity contribution in [3.05, 3.63) is 29.8 Å². The zero-order valence-corrected chi connectivity index (χ0v) is 12.2. The van der Waals surface area contributed by atoms with Crippen LogP contribution in [0.25, 0.3) is 0 Å². The molecule has 1 aromatic carbocycles. The summed E-state index contributed by atoms with van der Waals surface area (Å²) in [5, 5.41) is 9.88. The van der Waals surface area contributed by atoms with Crippen LogP contribution in [0.15, 0.2) is 24.3 Å². The molecule has 0 amide bonds. The molecule has 1 aromatic rings. The van der Waals surface area contributed by atoms with Gasteiger partial charge in [-0.3, -0.25) is 0 Å². The molecule has 0 spiro atoms. The molecular formula is C13H17F3O4S. The van der Waals surface area contributed by atoms with Gasteiger partial charge in [0.15, 0.2) is 0 Å². The number of hydrogen-bond acceptors (Lipinski definition) is 4. The van der Waals surface area contributed by atoms with E-state index in [-0.39, 0.29) is 29.9 Å². The number of alkyl halides is 3. The molecule has 0 saturated carbocycles. The zero-order valence-electron chi connectivity index (χ0n) is 11.4. The maximum absolute atomic E-state index is 12.1. The number of benzene rings is 1. The molecule has 0 aliphatic carbocycles. The van der Waals surface area contributed by atoms with Crippen molar-refractivity contribution in [3.8, 4) is 5.75 Å². The molecule has 1 atom stereocenters. The van der Waals surface area contributed by atoms with Gasteiger partial charge in [-0.15, -0.1) is 13.2 Å². The van der Waals surface area contributed by atoms with Gasteiger partial charge in [-0.25, -0.2) is 8.42 Å². The van der Waals surface area contributed by atoms with Crippen molar-refractivity contribution in [1.82, 2.24) is 0 Å². The summed E-state index contributed by atoms with van der Waals surface area (Å²) in [4.78, 5) is 0. The van der Waals surface area contributed by atoms with E-state index in [0.29, 0.717) is 0 Å². The molecule has 8 heteroatoms. The number of rotatable bonds is 7. The summed E-state index contributed by atoms with van der Waals surface area (Å²) in [7, 11) is -3.11. The molecule has 0 aromatic heterocycles. The maximum atomic E-state index is 12.1. The first-order valence-electron chi connectivity index (χ1n) is 6.37. The van der Waals surface area contributed by atoms with Gasteiger partial charge in [0.2, 0.25) is 0 Å². The van der Waals surface area contributed by atoms with Crippen LogP contribution in [-0.2, 0) is 9.84 Å². The van der Waals surface area contributed by atoms with E-state index in [2.05, 4.69) is 4.74 Å². The van der Waals surface area contributed by atoms with Gasteiger partial charge in [0.05, 0.1) is 11.9 Å². The summed E-state index contributed by atoms with van der Waals surface area (Å²) in [6.45, 7) is 1.53. The number of aliphatic hydroxyl groups excluding tert-OH is 1. The number of aliphatic hydroxyl groups is 1. The van der Waals surface area contributed by atoms with Gasteiger partial charge < -0.3 is 9.84 Å². The molecule has 0 aliphatic rings. The van der Waals surface area contributed by atoms with Gasteiger partial charge in [0.25, 0.3) is 0 Å². The topological polar surface area (TPSA) is 63.6 Å². The van der Waals surface area contributed by atoms with Crippen LogP contribution in [-0.4, -0.2) is 31.4 Å². The second-order valence-corrected chi connectivity index (χ2v) is 6.99. The fourth-order valence-electron chi connectivity index (χ4n) is 1.73. The lowest BCUT2D eigenvalue weighted by Gasteiger charge is -2.13. The van der Waals surface area contributed by atoms with Gasteiger partial charge in [0.1, 0.15) is 15.6 Å².